The van der Waals surface area contributed by atoms with E-state index in [9.17, 15) is 9.59 Å². The maximum atomic E-state index is 10.5. The summed E-state index contributed by atoms with van der Waals surface area (Å²) >= 11 is 0. The Hall–Kier alpha value is -1.19. The average Bonchev–Trinajstić information content (AvgIpc) is 1.97. The monoisotopic (exact) mass is 126 g/mol. The van der Waals surface area contributed by atoms with E-state index in [0.29, 0.717) is 0 Å². The molecule has 4 heteroatoms. The van der Waals surface area contributed by atoms with Crippen LogP contribution >= 0.6 is 0 Å². The molecule has 1 heterocycles. The number of nitrogens with one attached hydrogen (secondary N) is 1. The smallest absolute Gasteiger partial charge is 0.242 e. The number of amides is 1. The van der Waals surface area contributed by atoms with Crippen LogP contribution in [0.15, 0.2) is 4.99 Å². The van der Waals surface area contributed by atoms with Gasteiger partial charge in [-0.15, -0.1) is 0 Å². The first kappa shape index (κ1) is 5.94. The Morgan fingerprint density at radius 2 is 2.33 bits per heavy atom. The Morgan fingerprint density at radius 1 is 1.56 bits per heavy atom. The predicted molar refractivity (Wildman–Crippen MR) is 31.4 cm³/mol. The van der Waals surface area contributed by atoms with Gasteiger partial charge in [-0.3, -0.25) is 14.6 Å². The SMILES string of the molecule is O=C1C=NCC(=O)NC1. The maximum Gasteiger partial charge on any atom is 0.242 e. The summed E-state index contributed by atoms with van der Waals surface area (Å²) in [6.07, 6.45) is 1.18. The van der Waals surface area contributed by atoms with Crippen LogP contribution in [0.4, 0.5) is 0 Å². The van der Waals surface area contributed by atoms with Crippen LogP contribution in [0.2, 0.25) is 0 Å². The lowest BCUT2D eigenvalue weighted by molar-refractivity contribution is -0.121. The molecule has 0 spiro atoms. The van der Waals surface area contributed by atoms with Gasteiger partial charge in [0, 0.05) is 0 Å². The Labute approximate surface area is 52.0 Å². The number of carbonyl (C=O) groups excluding carboxylic acids is 2. The quantitative estimate of drug-likeness (QED) is 0.441. The third kappa shape index (κ3) is 1.64. The first-order chi connectivity index (χ1) is 4.29. The largest absolute Gasteiger partial charge is 0.347 e. The highest BCUT2D eigenvalue weighted by Crippen LogP contribution is 1.77. The molecule has 1 N–H and O–H groups in total. The van der Waals surface area contributed by atoms with E-state index < -0.39 is 0 Å². The fourth-order valence-electron chi connectivity index (χ4n) is 0.518. The number of hydrogen-bond acceptors (Lipinski definition) is 3. The van der Waals surface area contributed by atoms with Gasteiger partial charge in [0.15, 0.2) is 5.78 Å². The zero-order valence-electron chi connectivity index (χ0n) is 4.76. The van der Waals surface area contributed by atoms with E-state index >= 15 is 0 Å². The summed E-state index contributed by atoms with van der Waals surface area (Å²) in [6.45, 7) is 0.161. The number of Topliss-reactive ketones (excluding diaryl/α,β-unsaturated/α-hetero) is 1. The number of ketones is 1. The first-order valence-corrected chi connectivity index (χ1v) is 2.58. The van der Waals surface area contributed by atoms with Crippen molar-refractivity contribution in [2.24, 2.45) is 4.99 Å². The van der Waals surface area contributed by atoms with Gasteiger partial charge in [0.2, 0.25) is 5.91 Å². The van der Waals surface area contributed by atoms with Crippen LogP contribution in [-0.2, 0) is 9.59 Å². The van der Waals surface area contributed by atoms with Crippen molar-refractivity contribution in [3.8, 4) is 0 Å². The molecule has 4 nitrogen and oxygen atoms in total. The minimum Gasteiger partial charge on any atom is -0.347 e. The zero-order valence-corrected chi connectivity index (χ0v) is 4.76. The summed E-state index contributed by atoms with van der Waals surface area (Å²) in [5.74, 6) is -0.349. The van der Waals surface area contributed by atoms with Gasteiger partial charge < -0.3 is 5.32 Å². The maximum absolute atomic E-state index is 10.5. The van der Waals surface area contributed by atoms with E-state index in [1.54, 1.807) is 0 Å². The molecule has 9 heavy (non-hydrogen) atoms. The summed E-state index contributed by atoms with van der Waals surface area (Å²) in [5, 5.41) is 2.38. The molecule has 0 aliphatic carbocycles. The van der Waals surface area contributed by atoms with Gasteiger partial charge >= 0.3 is 0 Å². The Bertz CT molecular complexity index is 174. The lowest BCUT2D eigenvalue weighted by atomic mass is 10.4. The average molecular weight is 126 g/mol. The van der Waals surface area contributed by atoms with Crippen LogP contribution in [0.25, 0.3) is 0 Å². The van der Waals surface area contributed by atoms with Crippen molar-refractivity contribution in [1.82, 2.24) is 5.32 Å². The highest BCUT2D eigenvalue weighted by Gasteiger charge is 2.05. The molecule has 48 valence electrons. The van der Waals surface area contributed by atoms with Crippen molar-refractivity contribution in [3.05, 3.63) is 0 Å². The second kappa shape index (κ2) is 2.39. The molecular formula is C5H6N2O2. The molecule has 1 aliphatic heterocycles. The standard InChI is InChI=1S/C5H6N2O2/c8-4-1-6-3-5(9)7-2-4/h1H,2-3H2,(H,7,9). The topological polar surface area (TPSA) is 58.5 Å². The Morgan fingerprint density at radius 3 is 3.11 bits per heavy atom. The van der Waals surface area contributed by atoms with Crippen LogP contribution in [-0.4, -0.2) is 31.0 Å². The summed E-state index contributed by atoms with van der Waals surface area (Å²) in [4.78, 5) is 24.5. The second-order valence-corrected chi connectivity index (χ2v) is 1.71. The second-order valence-electron chi connectivity index (χ2n) is 1.71. The van der Waals surface area contributed by atoms with E-state index in [2.05, 4.69) is 10.3 Å². The van der Waals surface area contributed by atoms with Gasteiger partial charge in [-0.05, 0) is 0 Å². The van der Waals surface area contributed by atoms with Crippen LogP contribution in [0, 0.1) is 0 Å². The van der Waals surface area contributed by atoms with Crippen molar-refractivity contribution in [2.45, 2.75) is 0 Å². The van der Waals surface area contributed by atoms with Crippen LogP contribution in [0.1, 0.15) is 0 Å². The highest BCUT2D eigenvalue weighted by atomic mass is 16.2. The molecule has 0 aromatic heterocycles. The molecule has 0 atom stereocenters. The molecule has 1 amide bonds. The fourth-order valence-corrected chi connectivity index (χ4v) is 0.518. The third-order valence-corrected chi connectivity index (χ3v) is 0.930. The fraction of sp³-hybridized carbons (Fsp3) is 0.400. The van der Waals surface area contributed by atoms with Crippen molar-refractivity contribution >= 4 is 17.9 Å². The zero-order chi connectivity index (χ0) is 6.69. The van der Waals surface area contributed by atoms with Gasteiger partial charge in [0.1, 0.15) is 6.54 Å². The van der Waals surface area contributed by atoms with Gasteiger partial charge in [-0.1, -0.05) is 0 Å². The number of nitrogens with zero attached hydrogens (tertiary/aromatic N) is 1. The lowest BCUT2D eigenvalue weighted by Crippen LogP contribution is -2.28. The number of aliphatic imine (C=N–C) groups is 1. The molecule has 1 aliphatic rings. The van der Waals surface area contributed by atoms with Gasteiger partial charge in [-0.25, -0.2) is 0 Å². The summed E-state index contributed by atoms with van der Waals surface area (Å²) in [5.41, 5.74) is 0. The van der Waals surface area contributed by atoms with E-state index in [0.717, 1.165) is 0 Å². The molecule has 0 fully saturated rings. The number of rotatable bonds is 0. The molecule has 0 bridgehead atoms. The van der Waals surface area contributed by atoms with Crippen molar-refractivity contribution in [3.63, 3.8) is 0 Å². The Kier molecular flexibility index (Phi) is 1.58. The summed E-state index contributed by atoms with van der Waals surface area (Å²) < 4.78 is 0. The number of hydrogen-bond donors (Lipinski definition) is 1. The molecule has 0 unspecified atom stereocenters. The molecule has 0 aromatic rings. The van der Waals surface area contributed by atoms with E-state index in [4.69, 9.17) is 0 Å². The van der Waals surface area contributed by atoms with Gasteiger partial charge in [-0.2, -0.15) is 0 Å². The molecule has 0 saturated heterocycles. The van der Waals surface area contributed by atoms with Crippen molar-refractivity contribution in [1.29, 1.82) is 0 Å². The molecule has 1 rings (SSSR count). The van der Waals surface area contributed by atoms with Crippen molar-refractivity contribution in [2.75, 3.05) is 13.1 Å². The van der Waals surface area contributed by atoms with Gasteiger partial charge in [0.25, 0.3) is 0 Å². The molecule has 0 saturated carbocycles. The molecule has 0 radical (unpaired) electrons. The summed E-state index contributed by atoms with van der Waals surface area (Å²) in [6, 6.07) is 0. The predicted octanol–water partition coefficient (Wildman–Crippen LogP) is -1.24. The van der Waals surface area contributed by atoms with Crippen LogP contribution in [0.5, 0.6) is 0 Å². The first-order valence-electron chi connectivity index (χ1n) is 2.58. The van der Waals surface area contributed by atoms with E-state index in [1.807, 2.05) is 0 Å². The lowest BCUT2D eigenvalue weighted by Gasteiger charge is -1.92. The minimum absolute atomic E-state index is 0.0751. The van der Waals surface area contributed by atoms with E-state index in [-0.39, 0.29) is 24.8 Å². The highest BCUT2D eigenvalue weighted by molar-refractivity contribution is 6.29. The van der Waals surface area contributed by atoms with Crippen LogP contribution < -0.4 is 5.32 Å². The van der Waals surface area contributed by atoms with Crippen LogP contribution in [0.3, 0.4) is 0 Å². The number of carbonyl (C=O) groups is 2. The summed E-state index contributed by atoms with van der Waals surface area (Å²) in [7, 11) is 0. The molecular weight excluding hydrogens is 120 g/mol. The molecule has 0 aromatic carbocycles. The Balaban J connectivity index is 2.58. The normalized spacial score (nSPS) is 19.1. The van der Waals surface area contributed by atoms with Crippen molar-refractivity contribution < 1.29 is 9.59 Å². The van der Waals surface area contributed by atoms with Gasteiger partial charge in [0.05, 0.1) is 12.8 Å². The van der Waals surface area contributed by atoms with E-state index in [1.165, 1.54) is 6.21 Å². The minimum atomic E-state index is -0.197. The third-order valence-electron chi connectivity index (χ3n) is 0.930.